The summed E-state index contributed by atoms with van der Waals surface area (Å²) in [5, 5.41) is 7.49. The Morgan fingerprint density at radius 1 is 1.32 bits per heavy atom. The van der Waals surface area contributed by atoms with E-state index >= 15 is 0 Å². The molecule has 0 aliphatic rings. The molecule has 0 radical (unpaired) electrons. The average molecular weight is 372 g/mol. The molecule has 0 saturated heterocycles. The highest BCUT2D eigenvalue weighted by atomic mass is 35.5. The Kier molecular flexibility index (Phi) is 5.09. The number of rotatable bonds is 4. The number of halogens is 5. The second-order valence-electron chi connectivity index (χ2n) is 3.82. The van der Waals surface area contributed by atoms with Crippen molar-refractivity contribution >= 4 is 45.6 Å². The molecule has 2 aromatic rings. The Hall–Kier alpha value is -1.58. The van der Waals surface area contributed by atoms with Gasteiger partial charge in [-0.25, -0.2) is 0 Å². The molecule has 0 fully saturated rings. The van der Waals surface area contributed by atoms with E-state index in [-0.39, 0.29) is 27.2 Å². The summed E-state index contributed by atoms with van der Waals surface area (Å²) in [6, 6.07) is 4.41. The molecule has 2 rings (SSSR count). The van der Waals surface area contributed by atoms with Crippen LogP contribution in [0.4, 0.5) is 18.3 Å². The summed E-state index contributed by atoms with van der Waals surface area (Å²) in [5.74, 6) is -0.481. The maximum atomic E-state index is 12.3. The van der Waals surface area contributed by atoms with Gasteiger partial charge in [0.25, 0.3) is 5.91 Å². The highest BCUT2D eigenvalue weighted by Gasteiger charge is 2.35. The van der Waals surface area contributed by atoms with E-state index in [4.69, 9.17) is 27.9 Å². The number of ether oxygens (including phenoxy) is 1. The SMILES string of the molecule is O=C(COc1ccc(Cl)cc1Cl)Nc1nnc(C(F)(F)F)s1. The third-order valence-corrected chi connectivity index (χ3v) is 3.58. The predicted octanol–water partition coefficient (Wildman–Crippen LogP) is 3.88. The Morgan fingerprint density at radius 2 is 2.05 bits per heavy atom. The van der Waals surface area contributed by atoms with Gasteiger partial charge in [-0.3, -0.25) is 10.1 Å². The lowest BCUT2D eigenvalue weighted by atomic mass is 10.3. The fraction of sp³-hybridized carbons (Fsp3) is 0.182. The number of benzene rings is 1. The van der Waals surface area contributed by atoms with Crippen molar-refractivity contribution in [2.75, 3.05) is 11.9 Å². The second-order valence-corrected chi connectivity index (χ2v) is 5.64. The van der Waals surface area contributed by atoms with Crippen LogP contribution in [-0.4, -0.2) is 22.7 Å². The van der Waals surface area contributed by atoms with Crippen molar-refractivity contribution in [1.29, 1.82) is 0 Å². The number of hydrogen-bond acceptors (Lipinski definition) is 5. The van der Waals surface area contributed by atoms with Gasteiger partial charge < -0.3 is 4.74 Å². The van der Waals surface area contributed by atoms with Gasteiger partial charge in [-0.05, 0) is 18.2 Å². The van der Waals surface area contributed by atoms with Gasteiger partial charge in [-0.15, -0.1) is 10.2 Å². The van der Waals surface area contributed by atoms with Crippen LogP contribution in [0.5, 0.6) is 5.75 Å². The number of nitrogens with one attached hydrogen (secondary N) is 1. The molecule has 0 unspecified atom stereocenters. The molecule has 1 heterocycles. The number of carbonyl (C=O) groups is 1. The maximum Gasteiger partial charge on any atom is 0.445 e. The highest BCUT2D eigenvalue weighted by Crippen LogP contribution is 2.33. The topological polar surface area (TPSA) is 64.1 Å². The minimum Gasteiger partial charge on any atom is -0.482 e. The summed E-state index contributed by atoms with van der Waals surface area (Å²) in [7, 11) is 0. The van der Waals surface area contributed by atoms with Crippen LogP contribution in [0, 0.1) is 0 Å². The van der Waals surface area contributed by atoms with Crippen molar-refractivity contribution in [3.05, 3.63) is 33.3 Å². The summed E-state index contributed by atoms with van der Waals surface area (Å²) in [4.78, 5) is 11.6. The first kappa shape index (κ1) is 16.8. The van der Waals surface area contributed by atoms with Crippen LogP contribution in [-0.2, 0) is 11.0 Å². The average Bonchev–Trinajstić information content (AvgIpc) is 2.86. The van der Waals surface area contributed by atoms with E-state index in [1.165, 1.54) is 18.2 Å². The van der Waals surface area contributed by atoms with Crippen LogP contribution < -0.4 is 10.1 Å². The van der Waals surface area contributed by atoms with Gasteiger partial charge in [0.05, 0.1) is 5.02 Å². The van der Waals surface area contributed by atoms with Crippen LogP contribution in [0.25, 0.3) is 0 Å². The van der Waals surface area contributed by atoms with E-state index in [0.717, 1.165) is 0 Å². The number of carbonyl (C=O) groups excluding carboxylic acids is 1. The molecule has 1 N–H and O–H groups in total. The third kappa shape index (κ3) is 4.46. The van der Waals surface area contributed by atoms with Crippen molar-refractivity contribution in [2.24, 2.45) is 0 Å². The van der Waals surface area contributed by atoms with Crippen LogP contribution in [0.1, 0.15) is 5.01 Å². The number of hydrogen-bond donors (Lipinski definition) is 1. The number of aromatic nitrogens is 2. The predicted molar refractivity (Wildman–Crippen MR) is 75.5 cm³/mol. The third-order valence-electron chi connectivity index (χ3n) is 2.17. The molecule has 5 nitrogen and oxygen atoms in total. The van der Waals surface area contributed by atoms with Crippen molar-refractivity contribution < 1.29 is 22.7 Å². The Labute approximate surface area is 136 Å². The largest absolute Gasteiger partial charge is 0.482 e. The normalized spacial score (nSPS) is 11.3. The fourth-order valence-electron chi connectivity index (χ4n) is 1.28. The molecule has 118 valence electrons. The van der Waals surface area contributed by atoms with Gasteiger partial charge in [0.1, 0.15) is 5.75 Å². The maximum absolute atomic E-state index is 12.3. The fourth-order valence-corrected chi connectivity index (χ4v) is 2.37. The van der Waals surface area contributed by atoms with Gasteiger partial charge in [-0.2, -0.15) is 13.2 Å². The molecule has 1 aromatic carbocycles. The Bertz CT molecular complexity index is 693. The molecule has 0 atom stereocenters. The quantitative estimate of drug-likeness (QED) is 0.885. The molecule has 11 heteroatoms. The molecule has 22 heavy (non-hydrogen) atoms. The van der Waals surface area contributed by atoms with Gasteiger partial charge in [0.15, 0.2) is 6.61 Å². The van der Waals surface area contributed by atoms with Crippen molar-refractivity contribution in [3.63, 3.8) is 0 Å². The molecule has 0 aliphatic heterocycles. The summed E-state index contributed by atoms with van der Waals surface area (Å²) in [6.07, 6.45) is -4.60. The van der Waals surface area contributed by atoms with Crippen LogP contribution in [0.3, 0.4) is 0 Å². The van der Waals surface area contributed by atoms with E-state index in [9.17, 15) is 18.0 Å². The summed E-state index contributed by atoms with van der Waals surface area (Å²) < 4.78 is 42.1. The van der Waals surface area contributed by atoms with E-state index < -0.39 is 23.7 Å². The Balaban J connectivity index is 1.92. The molecule has 0 saturated carbocycles. The van der Waals surface area contributed by atoms with Crippen molar-refractivity contribution in [1.82, 2.24) is 10.2 Å². The summed E-state index contributed by atoms with van der Waals surface area (Å²) in [6.45, 7) is -0.456. The first-order chi connectivity index (χ1) is 10.3. The summed E-state index contributed by atoms with van der Waals surface area (Å²) in [5.41, 5.74) is 0. The lowest BCUT2D eigenvalue weighted by molar-refractivity contribution is -0.138. The number of amides is 1. The number of alkyl halides is 3. The van der Waals surface area contributed by atoms with Crippen molar-refractivity contribution in [3.8, 4) is 5.75 Å². The minimum absolute atomic E-state index is 0.204. The van der Waals surface area contributed by atoms with E-state index in [1.54, 1.807) is 0 Å². The molecular formula is C11H6Cl2F3N3O2S. The lowest BCUT2D eigenvalue weighted by Crippen LogP contribution is -2.20. The molecule has 1 amide bonds. The number of anilines is 1. The van der Waals surface area contributed by atoms with Gasteiger partial charge >= 0.3 is 6.18 Å². The first-order valence-electron chi connectivity index (χ1n) is 5.54. The van der Waals surface area contributed by atoms with Crippen LogP contribution in [0.2, 0.25) is 10.0 Å². The molecule has 0 bridgehead atoms. The second kappa shape index (κ2) is 6.67. The van der Waals surface area contributed by atoms with Crippen LogP contribution in [0.15, 0.2) is 18.2 Å². The zero-order valence-corrected chi connectivity index (χ0v) is 12.8. The first-order valence-corrected chi connectivity index (χ1v) is 7.11. The summed E-state index contributed by atoms with van der Waals surface area (Å²) >= 11 is 11.8. The molecule has 0 spiro atoms. The van der Waals surface area contributed by atoms with Crippen molar-refractivity contribution in [2.45, 2.75) is 6.18 Å². The molecule has 0 aliphatic carbocycles. The van der Waals surface area contributed by atoms with Gasteiger partial charge in [-0.1, -0.05) is 34.5 Å². The monoisotopic (exact) mass is 371 g/mol. The molecular weight excluding hydrogens is 366 g/mol. The lowest BCUT2D eigenvalue weighted by Gasteiger charge is -2.07. The van der Waals surface area contributed by atoms with Gasteiger partial charge in [0, 0.05) is 5.02 Å². The van der Waals surface area contributed by atoms with E-state index in [2.05, 4.69) is 15.5 Å². The van der Waals surface area contributed by atoms with E-state index in [0.29, 0.717) is 5.02 Å². The number of nitrogens with zero attached hydrogens (tertiary/aromatic N) is 2. The minimum atomic E-state index is -4.60. The zero-order chi connectivity index (χ0) is 16.3. The highest BCUT2D eigenvalue weighted by molar-refractivity contribution is 7.15. The smallest absolute Gasteiger partial charge is 0.445 e. The Morgan fingerprint density at radius 3 is 2.64 bits per heavy atom. The zero-order valence-electron chi connectivity index (χ0n) is 10.4. The van der Waals surface area contributed by atoms with E-state index in [1.807, 2.05) is 0 Å². The van der Waals surface area contributed by atoms with Crippen LogP contribution >= 0.6 is 34.5 Å². The van der Waals surface area contributed by atoms with Gasteiger partial charge in [0.2, 0.25) is 10.1 Å². The standard InChI is InChI=1S/C11H6Cl2F3N3O2S/c12-5-1-2-7(6(13)3-5)21-4-8(20)17-10-19-18-9(22-10)11(14,15)16/h1-3H,4H2,(H,17,19,20). The molecule has 1 aromatic heterocycles.